The van der Waals surface area contributed by atoms with E-state index in [0.717, 1.165) is 7.11 Å². The minimum Gasteiger partial charge on any atom is -0.302 e. The Hall–Kier alpha value is 0.280. The summed E-state index contributed by atoms with van der Waals surface area (Å²) in [6, 6.07) is 0. The molecule has 0 fully saturated rings. The first kappa shape index (κ1) is 15.3. The van der Waals surface area contributed by atoms with Crippen molar-refractivity contribution in [3.05, 3.63) is 0 Å². The fourth-order valence-electron chi connectivity index (χ4n) is 0.486. The van der Waals surface area contributed by atoms with Crippen LogP contribution in [0.15, 0.2) is 0 Å². The van der Waals surface area contributed by atoms with Gasteiger partial charge < -0.3 is 4.89 Å². The first-order chi connectivity index (χ1) is 6.93. The van der Waals surface area contributed by atoms with Crippen LogP contribution in [0, 0.1) is 0 Å². The van der Waals surface area contributed by atoms with E-state index in [1.807, 2.05) is 0 Å². The number of alkyl halides is 1. The summed E-state index contributed by atoms with van der Waals surface area (Å²) >= 11 is 10.2. The zero-order valence-corrected chi connectivity index (χ0v) is 10.00. The van der Waals surface area contributed by atoms with Crippen molar-refractivity contribution in [2.75, 3.05) is 19.6 Å². The van der Waals surface area contributed by atoms with Gasteiger partial charge in [0.2, 0.25) is 0 Å². The Morgan fingerprint density at radius 3 is 2.60 bits per heavy atom. The molecule has 0 spiro atoms. The highest BCUT2D eigenvalue weighted by Crippen LogP contribution is 2.44. The number of phosphoric ester groups is 1. The summed E-state index contributed by atoms with van der Waals surface area (Å²) in [7, 11) is -3.38. The van der Waals surface area contributed by atoms with E-state index in [1.54, 1.807) is 0 Å². The molecule has 0 amide bonds. The molecule has 0 saturated carbocycles. The fourth-order valence-corrected chi connectivity index (χ4v) is 1.57. The van der Waals surface area contributed by atoms with E-state index in [4.69, 9.17) is 28.1 Å². The van der Waals surface area contributed by atoms with Gasteiger partial charge in [0.15, 0.2) is 0 Å². The second-order valence-corrected chi connectivity index (χ2v) is 4.15. The first-order valence-electron chi connectivity index (χ1n) is 3.53. The van der Waals surface area contributed by atoms with E-state index in [9.17, 15) is 9.36 Å². The molecule has 0 aromatic heterocycles. The molecule has 0 heterocycles. The highest BCUT2D eigenvalue weighted by molar-refractivity contribution is 7.47. The van der Waals surface area contributed by atoms with Crippen molar-refractivity contribution in [2.45, 2.75) is 6.29 Å². The van der Waals surface area contributed by atoms with Gasteiger partial charge >= 0.3 is 7.82 Å². The summed E-state index contributed by atoms with van der Waals surface area (Å²) in [6.45, 7) is -0.231. The second kappa shape index (κ2) is 7.54. The van der Waals surface area contributed by atoms with Gasteiger partial charge in [-0.2, -0.15) is 4.89 Å². The molecule has 90 valence electrons. The van der Waals surface area contributed by atoms with E-state index in [0.29, 0.717) is 0 Å². The van der Waals surface area contributed by atoms with Crippen LogP contribution in [0.2, 0.25) is 0 Å². The van der Waals surface area contributed by atoms with E-state index < -0.39 is 19.4 Å². The first-order valence-corrected chi connectivity index (χ1v) is 5.94. The van der Waals surface area contributed by atoms with Crippen LogP contribution in [-0.2, 0) is 28.2 Å². The summed E-state index contributed by atoms with van der Waals surface area (Å²) in [5.74, 6) is -0.0153. The van der Waals surface area contributed by atoms with Crippen LogP contribution < -0.4 is 0 Å². The van der Waals surface area contributed by atoms with Gasteiger partial charge in [-0.25, -0.2) is 14.0 Å². The standard InChI is InChI=1S/C5H9Cl2O7P/c1-11-13-5(4(7)8)14-15(9,10)12-3-2-6/h5H,2-3H2,1H3,(H,9,10). The quantitative estimate of drug-likeness (QED) is 0.177. The van der Waals surface area contributed by atoms with Crippen LogP contribution in [0.4, 0.5) is 0 Å². The molecule has 15 heavy (non-hydrogen) atoms. The summed E-state index contributed by atoms with van der Waals surface area (Å²) < 4.78 is 19.6. The lowest BCUT2D eigenvalue weighted by atomic mass is 10.7. The molecule has 0 radical (unpaired) electrons. The highest BCUT2D eigenvalue weighted by atomic mass is 35.5. The Bertz CT molecular complexity index is 248. The van der Waals surface area contributed by atoms with Crippen molar-refractivity contribution in [3.63, 3.8) is 0 Å². The minimum atomic E-state index is -4.44. The Kier molecular flexibility index (Phi) is 7.68. The molecule has 0 aromatic rings. The number of hydrogen-bond acceptors (Lipinski definition) is 6. The second-order valence-electron chi connectivity index (χ2n) is 2.00. The molecule has 0 aliphatic carbocycles. The molecule has 7 nitrogen and oxygen atoms in total. The van der Waals surface area contributed by atoms with E-state index in [-0.39, 0.29) is 12.5 Å². The van der Waals surface area contributed by atoms with E-state index in [2.05, 4.69) is 18.8 Å². The molecule has 0 bridgehead atoms. The zero-order valence-electron chi connectivity index (χ0n) is 7.59. The average Bonchev–Trinajstić information content (AvgIpc) is 2.14. The lowest BCUT2D eigenvalue weighted by molar-refractivity contribution is -0.334. The predicted octanol–water partition coefficient (Wildman–Crippen LogP) is 1.03. The van der Waals surface area contributed by atoms with E-state index >= 15 is 0 Å². The Morgan fingerprint density at radius 2 is 2.20 bits per heavy atom. The molecule has 2 unspecified atom stereocenters. The van der Waals surface area contributed by atoms with Gasteiger partial charge in [-0.1, -0.05) is 0 Å². The maximum absolute atomic E-state index is 11.1. The number of halogens is 2. The molecule has 0 rings (SSSR count). The van der Waals surface area contributed by atoms with Crippen molar-refractivity contribution in [1.29, 1.82) is 0 Å². The number of hydrogen-bond donors (Lipinski definition) is 1. The normalized spacial score (nSPS) is 17.1. The lowest BCUT2D eigenvalue weighted by Gasteiger charge is -2.15. The molecule has 10 heteroatoms. The maximum Gasteiger partial charge on any atom is 0.475 e. The van der Waals surface area contributed by atoms with Gasteiger partial charge in [0.05, 0.1) is 13.7 Å². The van der Waals surface area contributed by atoms with Gasteiger partial charge in [-0.15, -0.1) is 11.6 Å². The van der Waals surface area contributed by atoms with Gasteiger partial charge in [0, 0.05) is 5.88 Å². The van der Waals surface area contributed by atoms with Crippen LogP contribution in [0.1, 0.15) is 0 Å². The number of carbonyl (C=O) groups is 1. The third-order valence-corrected chi connectivity index (χ3v) is 2.23. The van der Waals surface area contributed by atoms with Crippen molar-refractivity contribution in [2.24, 2.45) is 0 Å². The molecule has 1 N–H and O–H groups in total. The molecule has 0 saturated heterocycles. The SMILES string of the molecule is COOC(OP(=O)(O)OCCCl)C(=O)Cl. The Balaban J connectivity index is 4.25. The van der Waals surface area contributed by atoms with Crippen molar-refractivity contribution >= 4 is 36.3 Å². The van der Waals surface area contributed by atoms with Crippen LogP contribution in [-0.4, -0.2) is 36.0 Å². The third kappa shape index (κ3) is 7.21. The monoisotopic (exact) mass is 282 g/mol. The molecule has 0 aromatic carbocycles. The third-order valence-electron chi connectivity index (χ3n) is 0.929. The summed E-state index contributed by atoms with van der Waals surface area (Å²) in [5, 5.41) is -1.17. The number of phosphoric acid groups is 1. The summed E-state index contributed by atoms with van der Waals surface area (Å²) in [5.41, 5.74) is 0. The van der Waals surface area contributed by atoms with Crippen LogP contribution in [0.25, 0.3) is 0 Å². The van der Waals surface area contributed by atoms with Crippen molar-refractivity contribution < 1.29 is 33.1 Å². The molecule has 0 aliphatic heterocycles. The number of carbonyl (C=O) groups excluding carboxylic acids is 1. The van der Waals surface area contributed by atoms with Crippen LogP contribution >= 0.6 is 31.0 Å². The van der Waals surface area contributed by atoms with E-state index in [1.165, 1.54) is 0 Å². The fraction of sp³-hybridized carbons (Fsp3) is 0.800. The van der Waals surface area contributed by atoms with Gasteiger partial charge in [-0.05, 0) is 11.6 Å². The lowest BCUT2D eigenvalue weighted by Crippen LogP contribution is -2.22. The summed E-state index contributed by atoms with van der Waals surface area (Å²) in [6.07, 6.45) is -1.84. The molecule has 2 atom stereocenters. The topological polar surface area (TPSA) is 91.3 Å². The predicted molar refractivity (Wildman–Crippen MR) is 50.3 cm³/mol. The smallest absolute Gasteiger partial charge is 0.302 e. The minimum absolute atomic E-state index is 0.0153. The van der Waals surface area contributed by atoms with Crippen LogP contribution in [0.5, 0.6) is 0 Å². The van der Waals surface area contributed by atoms with Gasteiger partial charge in [-0.3, -0.25) is 9.32 Å². The maximum atomic E-state index is 11.1. The summed E-state index contributed by atoms with van der Waals surface area (Å²) in [4.78, 5) is 27.8. The highest BCUT2D eigenvalue weighted by Gasteiger charge is 2.31. The molecular formula is C5H9Cl2O7P. The largest absolute Gasteiger partial charge is 0.475 e. The van der Waals surface area contributed by atoms with Crippen molar-refractivity contribution in [3.8, 4) is 0 Å². The Morgan fingerprint density at radius 1 is 1.60 bits per heavy atom. The molecule has 0 aliphatic rings. The molecular weight excluding hydrogens is 274 g/mol. The average molecular weight is 283 g/mol. The van der Waals surface area contributed by atoms with Gasteiger partial charge in [0.25, 0.3) is 11.5 Å². The van der Waals surface area contributed by atoms with Crippen molar-refractivity contribution in [1.82, 2.24) is 0 Å². The Labute approximate surface area is 95.7 Å². The zero-order chi connectivity index (χ0) is 11.9. The number of rotatable bonds is 8. The van der Waals surface area contributed by atoms with Crippen LogP contribution in [0.3, 0.4) is 0 Å². The van der Waals surface area contributed by atoms with Gasteiger partial charge in [0.1, 0.15) is 0 Å².